The Morgan fingerprint density at radius 3 is 2.29 bits per heavy atom. The number of aliphatic hydroxyl groups excluding tert-OH is 1. The van der Waals surface area contributed by atoms with Gasteiger partial charge in [0.2, 0.25) is 0 Å². The Bertz CT molecular complexity index is 345. The predicted octanol–water partition coefficient (Wildman–Crippen LogP) is 2.87. The molecule has 17 heavy (non-hydrogen) atoms. The molecule has 0 saturated carbocycles. The van der Waals surface area contributed by atoms with Gasteiger partial charge in [0.25, 0.3) is 0 Å². The molecule has 0 fully saturated rings. The first-order valence-corrected chi connectivity index (χ1v) is 5.94. The fourth-order valence-electron chi connectivity index (χ4n) is 1.24. The minimum Gasteiger partial charge on any atom is -0.489 e. The van der Waals surface area contributed by atoms with Crippen molar-refractivity contribution in [3.8, 4) is 11.5 Å². The topological polar surface area (TPSA) is 38.7 Å². The van der Waals surface area contributed by atoms with Gasteiger partial charge in [-0.05, 0) is 26.0 Å². The van der Waals surface area contributed by atoms with Gasteiger partial charge in [-0.25, -0.2) is 0 Å². The summed E-state index contributed by atoms with van der Waals surface area (Å²) in [6, 6.07) is 7.60. The van der Waals surface area contributed by atoms with E-state index in [0.717, 1.165) is 11.5 Å². The van der Waals surface area contributed by atoms with Crippen LogP contribution in [-0.2, 0) is 0 Å². The van der Waals surface area contributed by atoms with E-state index in [9.17, 15) is 5.11 Å². The van der Waals surface area contributed by atoms with Crippen LogP contribution in [0.15, 0.2) is 24.3 Å². The highest BCUT2D eigenvalue weighted by molar-refractivity contribution is 5.39. The van der Waals surface area contributed by atoms with Gasteiger partial charge in [-0.15, -0.1) is 0 Å². The Labute approximate surface area is 103 Å². The molecule has 0 atom stereocenters. The molecule has 0 spiro atoms. The van der Waals surface area contributed by atoms with Crippen molar-refractivity contribution in [2.45, 2.75) is 33.8 Å². The van der Waals surface area contributed by atoms with Crippen LogP contribution >= 0.6 is 0 Å². The van der Waals surface area contributed by atoms with Crippen LogP contribution in [-0.4, -0.2) is 24.4 Å². The molecule has 1 aromatic carbocycles. The molecule has 0 radical (unpaired) electrons. The summed E-state index contributed by atoms with van der Waals surface area (Å²) in [6.07, 6.45) is 0.116. The Morgan fingerprint density at radius 1 is 1.18 bits per heavy atom. The lowest BCUT2D eigenvalue weighted by molar-refractivity contribution is 0.0942. The number of aliphatic hydroxyl groups is 1. The van der Waals surface area contributed by atoms with Gasteiger partial charge < -0.3 is 14.6 Å². The van der Waals surface area contributed by atoms with E-state index in [2.05, 4.69) is 0 Å². The number of benzene rings is 1. The van der Waals surface area contributed by atoms with E-state index in [1.54, 1.807) is 0 Å². The highest BCUT2D eigenvalue weighted by Crippen LogP contribution is 2.29. The molecule has 1 aromatic rings. The summed E-state index contributed by atoms with van der Waals surface area (Å²) < 4.78 is 11.4. The highest BCUT2D eigenvalue weighted by atomic mass is 16.5. The van der Waals surface area contributed by atoms with Crippen molar-refractivity contribution in [3.05, 3.63) is 24.3 Å². The fraction of sp³-hybridized carbons (Fsp3) is 0.571. The molecule has 0 bridgehead atoms. The van der Waals surface area contributed by atoms with Crippen molar-refractivity contribution in [1.82, 2.24) is 0 Å². The Kier molecular flexibility index (Phi) is 4.82. The van der Waals surface area contributed by atoms with E-state index in [1.165, 1.54) is 0 Å². The summed E-state index contributed by atoms with van der Waals surface area (Å²) in [7, 11) is 0. The van der Waals surface area contributed by atoms with E-state index in [1.807, 2.05) is 52.0 Å². The van der Waals surface area contributed by atoms with Crippen LogP contribution in [0.2, 0.25) is 0 Å². The lowest BCUT2D eigenvalue weighted by Crippen LogP contribution is -2.25. The number of hydrogen-bond donors (Lipinski definition) is 1. The molecule has 0 heterocycles. The second-order valence-corrected chi connectivity index (χ2v) is 5.22. The van der Waals surface area contributed by atoms with E-state index in [-0.39, 0.29) is 18.1 Å². The number of ether oxygens (including phenoxy) is 2. The van der Waals surface area contributed by atoms with Crippen molar-refractivity contribution in [2.24, 2.45) is 5.41 Å². The predicted molar refractivity (Wildman–Crippen MR) is 68.6 cm³/mol. The van der Waals surface area contributed by atoms with Gasteiger partial charge in [-0.1, -0.05) is 26.0 Å². The molecule has 96 valence electrons. The second kappa shape index (κ2) is 5.92. The minimum atomic E-state index is -0.245. The van der Waals surface area contributed by atoms with Gasteiger partial charge >= 0.3 is 0 Å². The van der Waals surface area contributed by atoms with Crippen LogP contribution in [0, 0.1) is 5.41 Å². The summed E-state index contributed by atoms with van der Waals surface area (Å²) in [4.78, 5) is 0. The molecular weight excluding hydrogens is 216 g/mol. The molecule has 0 unspecified atom stereocenters. The second-order valence-electron chi connectivity index (χ2n) is 5.22. The zero-order valence-electron chi connectivity index (χ0n) is 11.1. The smallest absolute Gasteiger partial charge is 0.161 e. The van der Waals surface area contributed by atoms with Gasteiger partial charge in [0.05, 0.1) is 19.3 Å². The molecule has 0 aliphatic carbocycles. The van der Waals surface area contributed by atoms with Crippen LogP contribution in [0.3, 0.4) is 0 Å². The third-order valence-corrected chi connectivity index (χ3v) is 2.26. The van der Waals surface area contributed by atoms with Gasteiger partial charge in [-0.3, -0.25) is 0 Å². The standard InChI is InChI=1S/C14H22O3/c1-11(2)17-13-8-6-5-7-12(13)16-10-14(3,4)9-15/h5-8,11,15H,9-10H2,1-4H3. The fourth-order valence-corrected chi connectivity index (χ4v) is 1.24. The summed E-state index contributed by atoms with van der Waals surface area (Å²) in [5, 5.41) is 9.18. The van der Waals surface area contributed by atoms with Crippen molar-refractivity contribution < 1.29 is 14.6 Å². The van der Waals surface area contributed by atoms with E-state index >= 15 is 0 Å². The zero-order chi connectivity index (χ0) is 12.9. The number of para-hydroxylation sites is 2. The number of rotatable bonds is 6. The van der Waals surface area contributed by atoms with E-state index in [4.69, 9.17) is 9.47 Å². The lowest BCUT2D eigenvalue weighted by Gasteiger charge is -2.23. The van der Waals surface area contributed by atoms with Crippen LogP contribution in [0.4, 0.5) is 0 Å². The molecule has 0 amide bonds. The normalized spacial score (nSPS) is 11.6. The van der Waals surface area contributed by atoms with Crippen LogP contribution in [0.5, 0.6) is 11.5 Å². The maximum absolute atomic E-state index is 9.18. The van der Waals surface area contributed by atoms with E-state index < -0.39 is 0 Å². The molecule has 0 aliphatic rings. The van der Waals surface area contributed by atoms with Gasteiger partial charge in [0.15, 0.2) is 11.5 Å². The summed E-state index contributed by atoms with van der Waals surface area (Å²) in [5.41, 5.74) is -0.245. The Morgan fingerprint density at radius 2 is 1.76 bits per heavy atom. The molecule has 0 aliphatic heterocycles. The first kappa shape index (κ1) is 13.8. The third kappa shape index (κ3) is 4.65. The molecule has 0 saturated heterocycles. The quantitative estimate of drug-likeness (QED) is 0.828. The maximum atomic E-state index is 9.18. The zero-order valence-corrected chi connectivity index (χ0v) is 11.1. The average Bonchev–Trinajstić information content (AvgIpc) is 2.27. The number of hydrogen-bond acceptors (Lipinski definition) is 3. The Hall–Kier alpha value is -1.22. The van der Waals surface area contributed by atoms with Gasteiger partial charge in [-0.2, -0.15) is 0 Å². The lowest BCUT2D eigenvalue weighted by atomic mass is 9.96. The van der Waals surface area contributed by atoms with Gasteiger partial charge in [0, 0.05) is 5.41 Å². The molecule has 3 heteroatoms. The SMILES string of the molecule is CC(C)Oc1ccccc1OCC(C)(C)CO. The van der Waals surface area contributed by atoms with E-state index in [0.29, 0.717) is 6.61 Å². The first-order chi connectivity index (χ1) is 7.94. The molecule has 3 nitrogen and oxygen atoms in total. The van der Waals surface area contributed by atoms with Crippen LogP contribution < -0.4 is 9.47 Å². The largest absolute Gasteiger partial charge is 0.489 e. The monoisotopic (exact) mass is 238 g/mol. The average molecular weight is 238 g/mol. The third-order valence-electron chi connectivity index (χ3n) is 2.26. The van der Waals surface area contributed by atoms with Crippen LogP contribution in [0.1, 0.15) is 27.7 Å². The summed E-state index contributed by atoms with van der Waals surface area (Å²) >= 11 is 0. The summed E-state index contributed by atoms with van der Waals surface area (Å²) in [5.74, 6) is 1.47. The maximum Gasteiger partial charge on any atom is 0.161 e. The Balaban J connectivity index is 2.70. The van der Waals surface area contributed by atoms with Crippen molar-refractivity contribution >= 4 is 0 Å². The first-order valence-electron chi connectivity index (χ1n) is 5.94. The molecule has 1 rings (SSSR count). The molecule has 1 N–H and O–H groups in total. The summed E-state index contributed by atoms with van der Waals surface area (Å²) in [6.45, 7) is 8.43. The van der Waals surface area contributed by atoms with Crippen molar-refractivity contribution in [2.75, 3.05) is 13.2 Å². The van der Waals surface area contributed by atoms with Crippen molar-refractivity contribution in [3.63, 3.8) is 0 Å². The highest BCUT2D eigenvalue weighted by Gasteiger charge is 2.18. The minimum absolute atomic E-state index is 0.0974. The molecular formula is C14H22O3. The van der Waals surface area contributed by atoms with Gasteiger partial charge in [0.1, 0.15) is 0 Å². The van der Waals surface area contributed by atoms with Crippen LogP contribution in [0.25, 0.3) is 0 Å². The van der Waals surface area contributed by atoms with Crippen molar-refractivity contribution in [1.29, 1.82) is 0 Å². The molecule has 0 aromatic heterocycles.